The Bertz CT molecular complexity index is 467. The van der Waals surface area contributed by atoms with Crippen molar-refractivity contribution in [1.29, 1.82) is 0 Å². The van der Waals surface area contributed by atoms with Crippen LogP contribution in [0.2, 0.25) is 0 Å². The largest absolute Gasteiger partial charge is 0.330 e. The number of urea groups is 1. The predicted octanol–water partition coefficient (Wildman–Crippen LogP) is 3.00. The molecule has 1 saturated heterocycles. The second kappa shape index (κ2) is 7.46. The minimum absolute atomic E-state index is 0.129. The molecule has 0 unspecified atom stereocenters. The van der Waals surface area contributed by atoms with Crippen LogP contribution >= 0.6 is 0 Å². The molecule has 0 radical (unpaired) electrons. The topological polar surface area (TPSA) is 49.6 Å². The van der Waals surface area contributed by atoms with Crippen molar-refractivity contribution in [2.45, 2.75) is 33.1 Å². The first-order valence-corrected chi connectivity index (χ1v) is 7.95. The van der Waals surface area contributed by atoms with Gasteiger partial charge in [0.15, 0.2) is 0 Å². The van der Waals surface area contributed by atoms with Crippen LogP contribution in [-0.2, 0) is 0 Å². The van der Waals surface area contributed by atoms with Gasteiger partial charge in [0.05, 0.1) is 0 Å². The molecule has 1 aliphatic heterocycles. The average Bonchev–Trinajstić information content (AvgIpc) is 2.50. The van der Waals surface area contributed by atoms with Gasteiger partial charge in [0.1, 0.15) is 0 Å². The van der Waals surface area contributed by atoms with Crippen LogP contribution in [0.4, 0.5) is 10.5 Å². The monoisotopic (exact) mass is 289 g/mol. The summed E-state index contributed by atoms with van der Waals surface area (Å²) in [5, 5.41) is 0. The first-order chi connectivity index (χ1) is 10.1. The molecule has 0 bridgehead atoms. The van der Waals surface area contributed by atoms with E-state index in [-0.39, 0.29) is 6.03 Å². The van der Waals surface area contributed by atoms with E-state index in [4.69, 9.17) is 5.73 Å². The molecule has 4 heteroatoms. The third kappa shape index (κ3) is 3.97. The Labute approximate surface area is 127 Å². The molecule has 2 N–H and O–H groups in total. The summed E-state index contributed by atoms with van der Waals surface area (Å²) >= 11 is 0. The van der Waals surface area contributed by atoms with Crippen LogP contribution in [0.25, 0.3) is 0 Å². The highest BCUT2D eigenvalue weighted by Crippen LogP contribution is 2.23. The molecule has 1 fully saturated rings. The Kier molecular flexibility index (Phi) is 5.62. The first-order valence-electron chi connectivity index (χ1n) is 7.95. The highest BCUT2D eigenvalue weighted by Gasteiger charge is 2.26. The van der Waals surface area contributed by atoms with Gasteiger partial charge in [-0.25, -0.2) is 4.79 Å². The summed E-state index contributed by atoms with van der Waals surface area (Å²) in [6.45, 7) is 7.33. The third-order valence-corrected chi connectivity index (χ3v) is 4.28. The van der Waals surface area contributed by atoms with E-state index in [0.717, 1.165) is 49.5 Å². The summed E-state index contributed by atoms with van der Waals surface area (Å²) < 4.78 is 0. The smallest absolute Gasteiger partial charge is 0.324 e. The SMILES string of the molecule is Cc1ccccc1N(CCCN)C(=O)N1CCC(C)CC1. The van der Waals surface area contributed by atoms with Crippen molar-refractivity contribution in [2.75, 3.05) is 31.1 Å². The second-order valence-corrected chi connectivity index (χ2v) is 6.03. The number of carbonyl (C=O) groups excluding carboxylic acids is 1. The number of piperidine rings is 1. The standard InChI is InChI=1S/C17H27N3O/c1-14-8-12-19(13-9-14)17(21)20(11-5-10-18)16-7-4-3-6-15(16)2/h3-4,6-7,14H,5,8-13,18H2,1-2H3. The van der Waals surface area contributed by atoms with Crippen molar-refractivity contribution in [3.8, 4) is 0 Å². The number of nitrogens with two attached hydrogens (primary N) is 1. The summed E-state index contributed by atoms with van der Waals surface area (Å²) in [5.41, 5.74) is 7.78. The number of aryl methyl sites for hydroxylation is 1. The van der Waals surface area contributed by atoms with Gasteiger partial charge >= 0.3 is 6.03 Å². The van der Waals surface area contributed by atoms with Gasteiger partial charge in [-0.2, -0.15) is 0 Å². The van der Waals surface area contributed by atoms with Gasteiger partial charge in [0.2, 0.25) is 0 Å². The number of para-hydroxylation sites is 1. The van der Waals surface area contributed by atoms with Crippen LogP contribution in [0.1, 0.15) is 31.7 Å². The second-order valence-electron chi connectivity index (χ2n) is 6.03. The Hall–Kier alpha value is -1.55. The van der Waals surface area contributed by atoms with Gasteiger partial charge < -0.3 is 10.6 Å². The molecular weight excluding hydrogens is 262 g/mol. The zero-order valence-electron chi connectivity index (χ0n) is 13.2. The third-order valence-electron chi connectivity index (χ3n) is 4.28. The Morgan fingerprint density at radius 3 is 2.62 bits per heavy atom. The minimum Gasteiger partial charge on any atom is -0.330 e. The predicted molar refractivity (Wildman–Crippen MR) is 87.6 cm³/mol. The summed E-state index contributed by atoms with van der Waals surface area (Å²) in [4.78, 5) is 16.8. The van der Waals surface area contributed by atoms with E-state index in [9.17, 15) is 4.79 Å². The van der Waals surface area contributed by atoms with Crippen molar-refractivity contribution in [3.05, 3.63) is 29.8 Å². The van der Waals surface area contributed by atoms with Gasteiger partial charge in [-0.05, 0) is 50.3 Å². The van der Waals surface area contributed by atoms with Crippen LogP contribution in [-0.4, -0.2) is 37.1 Å². The van der Waals surface area contributed by atoms with Crippen molar-refractivity contribution in [3.63, 3.8) is 0 Å². The Morgan fingerprint density at radius 1 is 1.33 bits per heavy atom. The molecule has 0 saturated carbocycles. The van der Waals surface area contributed by atoms with E-state index in [1.807, 2.05) is 28.0 Å². The lowest BCUT2D eigenvalue weighted by Crippen LogP contribution is -2.47. The molecule has 2 amide bonds. The molecule has 0 aliphatic carbocycles. The zero-order chi connectivity index (χ0) is 15.2. The lowest BCUT2D eigenvalue weighted by atomic mass is 9.99. The lowest BCUT2D eigenvalue weighted by molar-refractivity contribution is 0.180. The van der Waals surface area contributed by atoms with Crippen molar-refractivity contribution in [2.24, 2.45) is 11.7 Å². The van der Waals surface area contributed by atoms with Crippen LogP contribution in [0, 0.1) is 12.8 Å². The number of amides is 2. The number of hydrogen-bond donors (Lipinski definition) is 1. The van der Waals surface area contributed by atoms with Crippen LogP contribution in [0.3, 0.4) is 0 Å². The van der Waals surface area contributed by atoms with E-state index >= 15 is 0 Å². The summed E-state index contributed by atoms with van der Waals surface area (Å²) in [6.07, 6.45) is 3.03. The highest BCUT2D eigenvalue weighted by atomic mass is 16.2. The molecule has 2 rings (SSSR count). The fraction of sp³-hybridized carbons (Fsp3) is 0.588. The molecule has 0 atom stereocenters. The van der Waals surface area contributed by atoms with Gasteiger partial charge in [0.25, 0.3) is 0 Å². The molecule has 21 heavy (non-hydrogen) atoms. The van der Waals surface area contributed by atoms with Crippen LogP contribution < -0.4 is 10.6 Å². The van der Waals surface area contributed by atoms with E-state index in [2.05, 4.69) is 19.9 Å². The molecule has 4 nitrogen and oxygen atoms in total. The number of likely N-dealkylation sites (tertiary alicyclic amines) is 1. The van der Waals surface area contributed by atoms with Crippen LogP contribution in [0.15, 0.2) is 24.3 Å². The molecule has 1 aromatic carbocycles. The fourth-order valence-electron chi connectivity index (χ4n) is 2.81. The maximum atomic E-state index is 12.9. The molecule has 0 aromatic heterocycles. The van der Waals surface area contributed by atoms with Crippen LogP contribution in [0.5, 0.6) is 0 Å². The molecular formula is C17H27N3O. The van der Waals surface area contributed by atoms with E-state index in [1.54, 1.807) is 0 Å². The summed E-state index contributed by atoms with van der Waals surface area (Å²) in [6, 6.07) is 8.20. The molecule has 1 aliphatic rings. The molecule has 116 valence electrons. The van der Waals surface area contributed by atoms with Gasteiger partial charge in [-0.3, -0.25) is 4.90 Å². The number of anilines is 1. The number of benzene rings is 1. The van der Waals surface area contributed by atoms with E-state index in [1.165, 1.54) is 0 Å². The van der Waals surface area contributed by atoms with E-state index < -0.39 is 0 Å². The normalized spacial score (nSPS) is 16.0. The quantitative estimate of drug-likeness (QED) is 0.926. The maximum absolute atomic E-state index is 12.9. The molecule has 1 aromatic rings. The molecule has 0 spiro atoms. The number of hydrogen-bond acceptors (Lipinski definition) is 2. The zero-order valence-corrected chi connectivity index (χ0v) is 13.2. The number of nitrogens with zero attached hydrogens (tertiary/aromatic N) is 2. The lowest BCUT2D eigenvalue weighted by Gasteiger charge is -2.35. The Balaban J connectivity index is 2.15. The van der Waals surface area contributed by atoms with Gasteiger partial charge in [-0.1, -0.05) is 25.1 Å². The van der Waals surface area contributed by atoms with Gasteiger partial charge in [-0.15, -0.1) is 0 Å². The highest BCUT2D eigenvalue weighted by molar-refractivity contribution is 5.92. The van der Waals surface area contributed by atoms with Crippen molar-refractivity contribution in [1.82, 2.24) is 4.90 Å². The maximum Gasteiger partial charge on any atom is 0.324 e. The van der Waals surface area contributed by atoms with Gasteiger partial charge in [0, 0.05) is 25.3 Å². The average molecular weight is 289 g/mol. The van der Waals surface area contributed by atoms with E-state index in [0.29, 0.717) is 13.1 Å². The minimum atomic E-state index is 0.129. The Morgan fingerprint density at radius 2 is 2.00 bits per heavy atom. The summed E-state index contributed by atoms with van der Waals surface area (Å²) in [7, 11) is 0. The molecule has 1 heterocycles. The van der Waals surface area contributed by atoms with Crippen molar-refractivity contribution >= 4 is 11.7 Å². The number of carbonyl (C=O) groups is 1. The fourth-order valence-corrected chi connectivity index (χ4v) is 2.81. The first kappa shape index (κ1) is 15.8. The summed E-state index contributed by atoms with van der Waals surface area (Å²) in [5.74, 6) is 0.727. The number of rotatable bonds is 4. The van der Waals surface area contributed by atoms with Crippen molar-refractivity contribution < 1.29 is 4.79 Å².